The van der Waals surface area contributed by atoms with Gasteiger partial charge in [0.15, 0.2) is 0 Å². The molecule has 30 heavy (non-hydrogen) atoms. The predicted octanol–water partition coefficient (Wildman–Crippen LogP) is 4.00. The van der Waals surface area contributed by atoms with Gasteiger partial charge in [-0.15, -0.1) is 0 Å². The standard InChI is InChI=1S/C24H22FN3O2/c25-21-9-1-2-10-22(21)28-16-18(15-23(28)29)24(30)27-20-8-5-6-17(14-20)11-12-19-7-3-4-13-26-19/h1-10,13-14,18H,11-12,15-16H2,(H,27,30). The fourth-order valence-corrected chi connectivity index (χ4v) is 3.65. The number of carbonyl (C=O) groups is 2. The van der Waals surface area contributed by atoms with E-state index in [-0.39, 0.29) is 30.5 Å². The first kappa shape index (κ1) is 19.8. The van der Waals surface area contributed by atoms with Gasteiger partial charge in [0.25, 0.3) is 0 Å². The molecule has 4 rings (SSSR count). The minimum Gasteiger partial charge on any atom is -0.326 e. The highest BCUT2D eigenvalue weighted by molar-refractivity contribution is 6.03. The van der Waals surface area contributed by atoms with Crippen LogP contribution in [0.15, 0.2) is 72.9 Å². The van der Waals surface area contributed by atoms with E-state index in [0.29, 0.717) is 5.69 Å². The van der Waals surface area contributed by atoms with E-state index >= 15 is 0 Å². The van der Waals surface area contributed by atoms with Gasteiger partial charge in [0.05, 0.1) is 11.6 Å². The second-order valence-electron chi connectivity index (χ2n) is 7.37. The van der Waals surface area contributed by atoms with Crippen LogP contribution in [-0.2, 0) is 22.4 Å². The number of amides is 2. The molecule has 3 aromatic rings. The van der Waals surface area contributed by atoms with Gasteiger partial charge in [-0.1, -0.05) is 30.3 Å². The zero-order valence-electron chi connectivity index (χ0n) is 16.4. The molecule has 152 valence electrons. The van der Waals surface area contributed by atoms with Crippen molar-refractivity contribution in [1.29, 1.82) is 0 Å². The zero-order valence-corrected chi connectivity index (χ0v) is 16.4. The van der Waals surface area contributed by atoms with Crippen LogP contribution in [0.4, 0.5) is 15.8 Å². The van der Waals surface area contributed by atoms with Crippen molar-refractivity contribution in [2.45, 2.75) is 19.3 Å². The van der Waals surface area contributed by atoms with Crippen LogP contribution in [0.2, 0.25) is 0 Å². The molecule has 1 aliphatic rings. The van der Waals surface area contributed by atoms with Gasteiger partial charge < -0.3 is 10.2 Å². The van der Waals surface area contributed by atoms with Crippen LogP contribution in [0.5, 0.6) is 0 Å². The molecule has 5 nitrogen and oxygen atoms in total. The molecule has 1 aromatic heterocycles. The first-order valence-electron chi connectivity index (χ1n) is 9.95. The Morgan fingerprint density at radius 2 is 1.90 bits per heavy atom. The second kappa shape index (κ2) is 8.86. The lowest BCUT2D eigenvalue weighted by atomic mass is 10.1. The van der Waals surface area contributed by atoms with Crippen LogP contribution in [0, 0.1) is 11.7 Å². The molecule has 2 heterocycles. The molecule has 0 bridgehead atoms. The largest absolute Gasteiger partial charge is 0.326 e. The molecule has 6 heteroatoms. The summed E-state index contributed by atoms with van der Waals surface area (Å²) in [6.45, 7) is 0.172. The number of hydrogen-bond acceptors (Lipinski definition) is 3. The molecule has 1 unspecified atom stereocenters. The number of hydrogen-bond donors (Lipinski definition) is 1. The van der Waals surface area contributed by atoms with Crippen LogP contribution in [0.25, 0.3) is 0 Å². The van der Waals surface area contributed by atoms with Crippen molar-refractivity contribution in [2.75, 3.05) is 16.8 Å². The van der Waals surface area contributed by atoms with E-state index < -0.39 is 11.7 Å². The van der Waals surface area contributed by atoms with E-state index in [1.165, 1.54) is 11.0 Å². The highest BCUT2D eigenvalue weighted by Gasteiger charge is 2.36. The van der Waals surface area contributed by atoms with Gasteiger partial charge in [0.1, 0.15) is 5.82 Å². The van der Waals surface area contributed by atoms with Gasteiger partial charge in [-0.2, -0.15) is 0 Å². The summed E-state index contributed by atoms with van der Waals surface area (Å²) >= 11 is 0. The second-order valence-corrected chi connectivity index (χ2v) is 7.37. The number of carbonyl (C=O) groups excluding carboxylic acids is 2. The predicted molar refractivity (Wildman–Crippen MR) is 114 cm³/mol. The number of aromatic nitrogens is 1. The molecule has 1 fully saturated rings. The molecule has 2 aromatic carbocycles. The van der Waals surface area contributed by atoms with Crippen LogP contribution < -0.4 is 10.2 Å². The van der Waals surface area contributed by atoms with E-state index in [0.717, 1.165) is 24.1 Å². The van der Waals surface area contributed by atoms with E-state index in [1.54, 1.807) is 24.4 Å². The minimum atomic E-state index is -0.519. The van der Waals surface area contributed by atoms with Crippen LogP contribution >= 0.6 is 0 Å². The number of anilines is 2. The van der Waals surface area contributed by atoms with Gasteiger partial charge in [-0.25, -0.2) is 4.39 Å². The van der Waals surface area contributed by atoms with Gasteiger partial charge >= 0.3 is 0 Å². The Kier molecular flexibility index (Phi) is 5.84. The number of pyridine rings is 1. The van der Waals surface area contributed by atoms with Gasteiger partial charge in [0.2, 0.25) is 11.8 Å². The zero-order chi connectivity index (χ0) is 20.9. The summed E-state index contributed by atoms with van der Waals surface area (Å²) in [6, 6.07) is 19.6. The van der Waals surface area contributed by atoms with Crippen LogP contribution in [0.3, 0.4) is 0 Å². The highest BCUT2D eigenvalue weighted by Crippen LogP contribution is 2.28. The summed E-state index contributed by atoms with van der Waals surface area (Å²) in [6.07, 6.45) is 3.47. The molecular weight excluding hydrogens is 381 g/mol. The molecule has 1 atom stereocenters. The minimum absolute atomic E-state index is 0.0690. The molecule has 1 aliphatic heterocycles. The number of benzene rings is 2. The van der Waals surface area contributed by atoms with E-state index in [1.807, 2.05) is 42.5 Å². The summed E-state index contributed by atoms with van der Waals surface area (Å²) in [5.41, 5.74) is 3.02. The number of halogens is 1. The normalized spacial score (nSPS) is 16.0. The smallest absolute Gasteiger partial charge is 0.229 e. The van der Waals surface area contributed by atoms with Gasteiger partial charge in [0, 0.05) is 30.5 Å². The lowest BCUT2D eigenvalue weighted by molar-refractivity contribution is -0.122. The molecule has 0 aliphatic carbocycles. The maximum atomic E-state index is 14.0. The van der Waals surface area contributed by atoms with Crippen LogP contribution in [0.1, 0.15) is 17.7 Å². The van der Waals surface area contributed by atoms with Crippen molar-refractivity contribution in [3.05, 3.63) is 90.0 Å². The number of rotatable bonds is 6. The maximum Gasteiger partial charge on any atom is 0.229 e. The maximum absolute atomic E-state index is 14.0. The van der Waals surface area contributed by atoms with Crippen LogP contribution in [-0.4, -0.2) is 23.3 Å². The van der Waals surface area contributed by atoms with Crippen molar-refractivity contribution in [2.24, 2.45) is 5.92 Å². The Hall–Kier alpha value is -3.54. The lowest BCUT2D eigenvalue weighted by Crippen LogP contribution is -2.28. The van der Waals surface area contributed by atoms with Gasteiger partial charge in [-0.05, 0) is 54.8 Å². The van der Waals surface area contributed by atoms with Crippen molar-refractivity contribution in [1.82, 2.24) is 4.98 Å². The summed E-state index contributed by atoms with van der Waals surface area (Å²) in [7, 11) is 0. The first-order chi connectivity index (χ1) is 14.6. The van der Waals surface area contributed by atoms with Crippen molar-refractivity contribution >= 4 is 23.2 Å². The van der Waals surface area contributed by atoms with Gasteiger partial charge in [-0.3, -0.25) is 14.6 Å². The summed E-state index contributed by atoms with van der Waals surface area (Å²) in [5, 5.41) is 2.90. The number of para-hydroxylation sites is 1. The Morgan fingerprint density at radius 1 is 1.07 bits per heavy atom. The molecular formula is C24H22FN3O2. The van der Waals surface area contributed by atoms with Crippen molar-refractivity contribution in [3.8, 4) is 0 Å². The summed E-state index contributed by atoms with van der Waals surface area (Å²) < 4.78 is 14.0. The average Bonchev–Trinajstić information content (AvgIpc) is 3.15. The topological polar surface area (TPSA) is 62.3 Å². The van der Waals surface area contributed by atoms with Crippen molar-refractivity contribution < 1.29 is 14.0 Å². The first-order valence-corrected chi connectivity index (χ1v) is 9.95. The molecule has 0 spiro atoms. The monoisotopic (exact) mass is 403 g/mol. The molecule has 1 saturated heterocycles. The third-order valence-corrected chi connectivity index (χ3v) is 5.23. The molecule has 2 amide bonds. The van der Waals surface area contributed by atoms with E-state index in [2.05, 4.69) is 10.3 Å². The lowest BCUT2D eigenvalue weighted by Gasteiger charge is -2.17. The number of nitrogens with one attached hydrogen (secondary N) is 1. The SMILES string of the molecule is O=C(Nc1cccc(CCc2ccccn2)c1)C1CC(=O)N(c2ccccc2F)C1. The third kappa shape index (κ3) is 4.54. The summed E-state index contributed by atoms with van der Waals surface area (Å²) in [5.74, 6) is -1.46. The Bertz CT molecular complexity index is 1060. The fourth-order valence-electron chi connectivity index (χ4n) is 3.65. The highest BCUT2D eigenvalue weighted by atomic mass is 19.1. The molecule has 0 radical (unpaired) electrons. The van der Waals surface area contributed by atoms with E-state index in [4.69, 9.17) is 0 Å². The Morgan fingerprint density at radius 3 is 2.70 bits per heavy atom. The Labute approximate surface area is 174 Å². The third-order valence-electron chi connectivity index (χ3n) is 5.23. The quantitative estimate of drug-likeness (QED) is 0.677. The average molecular weight is 403 g/mol. The number of aryl methyl sites for hydroxylation is 2. The van der Waals surface area contributed by atoms with E-state index in [9.17, 15) is 14.0 Å². The number of nitrogens with zero attached hydrogens (tertiary/aromatic N) is 2. The van der Waals surface area contributed by atoms with Crippen molar-refractivity contribution in [3.63, 3.8) is 0 Å². The molecule has 1 N–H and O–H groups in total. The fraction of sp³-hybridized carbons (Fsp3) is 0.208. The Balaban J connectivity index is 1.38. The molecule has 0 saturated carbocycles. The summed E-state index contributed by atoms with van der Waals surface area (Å²) in [4.78, 5) is 30.7.